The Morgan fingerprint density at radius 3 is 2.72 bits per heavy atom. The molecule has 1 aromatic heterocycles. The first-order valence-corrected chi connectivity index (χ1v) is 6.51. The van der Waals surface area contributed by atoms with Gasteiger partial charge in [-0.1, -0.05) is 37.3 Å². The van der Waals surface area contributed by atoms with Crippen LogP contribution in [0.15, 0.2) is 48.8 Å². The van der Waals surface area contributed by atoms with Crippen molar-refractivity contribution in [1.29, 1.82) is 0 Å². The van der Waals surface area contributed by atoms with Crippen molar-refractivity contribution in [3.05, 3.63) is 65.5 Å². The Morgan fingerprint density at radius 1 is 1.17 bits per heavy atom. The van der Waals surface area contributed by atoms with E-state index in [-0.39, 0.29) is 0 Å². The molecule has 1 atom stereocenters. The predicted octanol–water partition coefficient (Wildman–Crippen LogP) is 3.34. The van der Waals surface area contributed by atoms with Crippen molar-refractivity contribution in [2.45, 2.75) is 26.3 Å². The van der Waals surface area contributed by atoms with E-state index in [1.807, 2.05) is 18.5 Å². The van der Waals surface area contributed by atoms with Crippen LogP contribution in [0.2, 0.25) is 0 Å². The van der Waals surface area contributed by atoms with Gasteiger partial charge >= 0.3 is 0 Å². The average molecular weight is 240 g/mol. The molecule has 1 aromatic carbocycles. The van der Waals surface area contributed by atoms with Crippen LogP contribution < -0.4 is 5.32 Å². The number of benzene rings is 1. The summed E-state index contributed by atoms with van der Waals surface area (Å²) in [4.78, 5) is 4.18. The molecule has 1 heterocycles. The number of hydrogen-bond donors (Lipinski definition) is 1. The first-order chi connectivity index (χ1) is 8.81. The van der Waals surface area contributed by atoms with Gasteiger partial charge < -0.3 is 5.32 Å². The normalized spacial score (nSPS) is 12.3. The molecule has 0 aliphatic carbocycles. The highest BCUT2D eigenvalue weighted by molar-refractivity contribution is 5.33. The summed E-state index contributed by atoms with van der Waals surface area (Å²) in [5.41, 5.74) is 4.01. The Balaban J connectivity index is 2.22. The van der Waals surface area contributed by atoms with Crippen molar-refractivity contribution in [3.63, 3.8) is 0 Å². The summed E-state index contributed by atoms with van der Waals surface area (Å²) in [5.74, 6) is 0. The van der Waals surface area contributed by atoms with Gasteiger partial charge in [-0.2, -0.15) is 0 Å². The van der Waals surface area contributed by atoms with Crippen LogP contribution in [0.3, 0.4) is 0 Å². The lowest BCUT2D eigenvalue weighted by Gasteiger charge is -2.17. The van der Waals surface area contributed by atoms with Gasteiger partial charge in [0.2, 0.25) is 0 Å². The highest BCUT2D eigenvalue weighted by Crippen LogP contribution is 2.20. The molecule has 1 unspecified atom stereocenters. The van der Waals surface area contributed by atoms with Crippen LogP contribution in [0, 0.1) is 0 Å². The van der Waals surface area contributed by atoms with E-state index in [1.165, 1.54) is 16.7 Å². The third-order valence-electron chi connectivity index (χ3n) is 3.15. The van der Waals surface area contributed by atoms with E-state index in [0.29, 0.717) is 6.04 Å². The molecule has 0 saturated heterocycles. The molecule has 2 heteroatoms. The Bertz CT molecular complexity index is 479. The van der Waals surface area contributed by atoms with Crippen LogP contribution in [-0.2, 0) is 6.42 Å². The highest BCUT2D eigenvalue weighted by Gasteiger charge is 2.09. The molecule has 0 bridgehead atoms. The minimum Gasteiger partial charge on any atom is -0.310 e. The van der Waals surface area contributed by atoms with Gasteiger partial charge in [-0.05, 0) is 42.6 Å². The van der Waals surface area contributed by atoms with Gasteiger partial charge in [-0.3, -0.25) is 4.98 Å². The van der Waals surface area contributed by atoms with Gasteiger partial charge in [0.1, 0.15) is 0 Å². The maximum absolute atomic E-state index is 4.18. The monoisotopic (exact) mass is 240 g/mol. The smallest absolute Gasteiger partial charge is 0.0303 e. The first-order valence-electron chi connectivity index (χ1n) is 6.51. The largest absolute Gasteiger partial charge is 0.310 e. The summed E-state index contributed by atoms with van der Waals surface area (Å²) < 4.78 is 0. The number of nitrogens with zero attached hydrogens (tertiary/aromatic N) is 1. The molecule has 0 saturated carbocycles. The van der Waals surface area contributed by atoms with Gasteiger partial charge in [0.25, 0.3) is 0 Å². The van der Waals surface area contributed by atoms with E-state index < -0.39 is 0 Å². The molecule has 0 aliphatic rings. The summed E-state index contributed by atoms with van der Waals surface area (Å²) in [7, 11) is 0. The number of rotatable bonds is 5. The van der Waals surface area contributed by atoms with Crippen LogP contribution >= 0.6 is 0 Å². The summed E-state index contributed by atoms with van der Waals surface area (Å²) in [5, 5.41) is 3.47. The van der Waals surface area contributed by atoms with Gasteiger partial charge in [0, 0.05) is 18.4 Å². The van der Waals surface area contributed by atoms with Crippen LogP contribution in [0.25, 0.3) is 0 Å². The van der Waals surface area contributed by atoms with Crippen LogP contribution in [0.5, 0.6) is 0 Å². The highest BCUT2D eigenvalue weighted by atomic mass is 14.9. The Morgan fingerprint density at radius 2 is 2.00 bits per heavy atom. The number of nitrogens with one attached hydrogen (secondary N) is 1. The fourth-order valence-corrected chi connectivity index (χ4v) is 2.26. The van der Waals surface area contributed by atoms with Crippen LogP contribution in [-0.4, -0.2) is 11.5 Å². The Kier molecular flexibility index (Phi) is 4.48. The van der Waals surface area contributed by atoms with Gasteiger partial charge in [-0.15, -0.1) is 0 Å². The number of aromatic nitrogens is 1. The van der Waals surface area contributed by atoms with Crippen molar-refractivity contribution in [1.82, 2.24) is 10.3 Å². The summed E-state index contributed by atoms with van der Waals surface area (Å²) in [6, 6.07) is 13.1. The molecule has 0 fully saturated rings. The number of pyridine rings is 1. The van der Waals surface area contributed by atoms with E-state index in [4.69, 9.17) is 0 Å². The lowest BCUT2D eigenvalue weighted by atomic mass is 9.96. The van der Waals surface area contributed by atoms with Crippen molar-refractivity contribution < 1.29 is 0 Å². The topological polar surface area (TPSA) is 24.9 Å². The van der Waals surface area contributed by atoms with Crippen LogP contribution in [0.1, 0.15) is 36.6 Å². The van der Waals surface area contributed by atoms with E-state index in [9.17, 15) is 0 Å². The predicted molar refractivity (Wildman–Crippen MR) is 75.6 cm³/mol. The van der Waals surface area contributed by atoms with Crippen molar-refractivity contribution in [3.8, 4) is 0 Å². The van der Waals surface area contributed by atoms with E-state index in [1.54, 1.807) is 0 Å². The third-order valence-corrected chi connectivity index (χ3v) is 3.15. The first kappa shape index (κ1) is 12.8. The van der Waals surface area contributed by atoms with Crippen molar-refractivity contribution in [2.24, 2.45) is 0 Å². The molecule has 2 nitrogen and oxygen atoms in total. The Hall–Kier alpha value is -1.67. The second kappa shape index (κ2) is 6.31. The molecular weight excluding hydrogens is 220 g/mol. The second-order valence-electron chi connectivity index (χ2n) is 4.52. The molecule has 18 heavy (non-hydrogen) atoms. The zero-order valence-corrected chi connectivity index (χ0v) is 11.1. The summed E-state index contributed by atoms with van der Waals surface area (Å²) >= 11 is 0. The second-order valence-corrected chi connectivity index (χ2v) is 4.52. The molecule has 2 aromatic rings. The van der Waals surface area contributed by atoms with Gasteiger partial charge in [0.15, 0.2) is 0 Å². The zero-order valence-electron chi connectivity index (χ0n) is 11.1. The molecule has 0 radical (unpaired) electrons. The SMILES string of the molecule is CCNC(C)c1ccccc1Cc1cccnc1. The quantitative estimate of drug-likeness (QED) is 0.867. The average Bonchev–Trinajstić information content (AvgIpc) is 2.41. The molecular formula is C16H20N2. The minimum absolute atomic E-state index is 0.392. The van der Waals surface area contributed by atoms with E-state index >= 15 is 0 Å². The fraction of sp³-hybridized carbons (Fsp3) is 0.312. The maximum Gasteiger partial charge on any atom is 0.0303 e. The molecule has 0 amide bonds. The number of hydrogen-bond acceptors (Lipinski definition) is 2. The molecule has 1 N–H and O–H groups in total. The lowest BCUT2D eigenvalue weighted by molar-refractivity contribution is 0.594. The standard InChI is InChI=1S/C16H20N2/c1-3-18-13(2)16-9-5-4-8-15(16)11-14-7-6-10-17-12-14/h4-10,12-13,18H,3,11H2,1-2H3. The summed E-state index contributed by atoms with van der Waals surface area (Å²) in [6.07, 6.45) is 4.70. The molecule has 2 rings (SSSR count). The summed E-state index contributed by atoms with van der Waals surface area (Å²) in [6.45, 7) is 5.34. The van der Waals surface area contributed by atoms with Gasteiger partial charge in [0.05, 0.1) is 0 Å². The van der Waals surface area contributed by atoms with Crippen molar-refractivity contribution >= 4 is 0 Å². The molecule has 94 valence electrons. The molecule has 0 aliphatic heterocycles. The van der Waals surface area contributed by atoms with Crippen LogP contribution in [0.4, 0.5) is 0 Å². The van der Waals surface area contributed by atoms with E-state index in [0.717, 1.165) is 13.0 Å². The minimum atomic E-state index is 0.392. The fourth-order valence-electron chi connectivity index (χ4n) is 2.26. The van der Waals surface area contributed by atoms with Gasteiger partial charge in [-0.25, -0.2) is 0 Å². The zero-order chi connectivity index (χ0) is 12.8. The Labute approximate surface area is 109 Å². The third kappa shape index (κ3) is 3.17. The van der Waals surface area contributed by atoms with Crippen molar-refractivity contribution in [2.75, 3.05) is 6.54 Å². The lowest BCUT2D eigenvalue weighted by Crippen LogP contribution is -2.19. The maximum atomic E-state index is 4.18. The van der Waals surface area contributed by atoms with E-state index in [2.05, 4.69) is 54.5 Å². The molecule has 0 spiro atoms.